The number of aliphatic imine (C=N–C) groups is 1. The molecule has 0 amide bonds. The number of thiazole rings is 1. The van der Waals surface area contributed by atoms with Crippen LogP contribution in [0.15, 0.2) is 10.4 Å². The maximum atomic E-state index is 12.6. The molecule has 154 valence electrons. The molecular weight excluding hydrogens is 423 g/mol. The zero-order valence-electron chi connectivity index (χ0n) is 14.8. The highest BCUT2D eigenvalue weighted by atomic mass is 32.2. The van der Waals surface area contributed by atoms with Crippen LogP contribution in [0, 0.1) is 0 Å². The summed E-state index contributed by atoms with van der Waals surface area (Å²) in [6.45, 7) is 3.55. The molecule has 2 heterocycles. The van der Waals surface area contributed by atoms with Gasteiger partial charge in [-0.2, -0.15) is 24.9 Å². The quantitative estimate of drug-likeness (QED) is 0.490. The molecule has 1 saturated heterocycles. The van der Waals surface area contributed by atoms with Crippen LogP contribution in [-0.2, 0) is 22.7 Å². The second-order valence-electron chi connectivity index (χ2n) is 5.57. The summed E-state index contributed by atoms with van der Waals surface area (Å²) >= 11 is 2.62. The SMILES string of the molecule is CCNC(=NCc1nc(C(F)(F)F)cs1)NCCS(=O)(=O)N1CCSCC1. The topological polar surface area (TPSA) is 86.7 Å². The van der Waals surface area contributed by atoms with Gasteiger partial charge in [-0.1, -0.05) is 0 Å². The summed E-state index contributed by atoms with van der Waals surface area (Å²) < 4.78 is 63.8. The summed E-state index contributed by atoms with van der Waals surface area (Å²) in [4.78, 5) is 7.70. The lowest BCUT2D eigenvalue weighted by molar-refractivity contribution is -0.140. The first-order chi connectivity index (χ1) is 12.7. The molecule has 1 aliphatic heterocycles. The Hall–Kier alpha value is -1.05. The average Bonchev–Trinajstić information content (AvgIpc) is 3.10. The van der Waals surface area contributed by atoms with Crippen molar-refractivity contribution in [2.24, 2.45) is 4.99 Å². The number of hydrogen-bond acceptors (Lipinski definition) is 6. The lowest BCUT2D eigenvalue weighted by atomic mass is 10.5. The Balaban J connectivity index is 1.88. The van der Waals surface area contributed by atoms with Crippen molar-refractivity contribution in [1.29, 1.82) is 0 Å². The second kappa shape index (κ2) is 9.94. The molecule has 0 aromatic carbocycles. The Morgan fingerprint density at radius 2 is 2.04 bits per heavy atom. The number of halogens is 3. The molecule has 0 atom stereocenters. The monoisotopic (exact) mass is 445 g/mol. The van der Waals surface area contributed by atoms with E-state index in [2.05, 4.69) is 20.6 Å². The maximum absolute atomic E-state index is 12.6. The van der Waals surface area contributed by atoms with E-state index in [1.54, 1.807) is 11.8 Å². The Labute approximate surface area is 164 Å². The third-order valence-corrected chi connectivity index (χ3v) is 7.22. The minimum Gasteiger partial charge on any atom is -0.357 e. The van der Waals surface area contributed by atoms with Gasteiger partial charge < -0.3 is 10.6 Å². The third kappa shape index (κ3) is 7.12. The number of aromatic nitrogens is 1. The van der Waals surface area contributed by atoms with Gasteiger partial charge in [-0.25, -0.2) is 22.7 Å². The molecule has 0 unspecified atom stereocenters. The number of sulfonamides is 1. The molecule has 0 saturated carbocycles. The Kier molecular flexibility index (Phi) is 8.19. The van der Waals surface area contributed by atoms with Crippen LogP contribution in [0.3, 0.4) is 0 Å². The molecule has 2 N–H and O–H groups in total. The zero-order chi connectivity index (χ0) is 19.9. The summed E-state index contributed by atoms with van der Waals surface area (Å²) in [5.41, 5.74) is -0.929. The van der Waals surface area contributed by atoms with E-state index in [0.29, 0.717) is 25.6 Å². The summed E-state index contributed by atoms with van der Waals surface area (Å²) in [7, 11) is -3.33. The summed E-state index contributed by atoms with van der Waals surface area (Å²) in [5, 5.41) is 7.03. The van der Waals surface area contributed by atoms with Gasteiger partial charge in [0.15, 0.2) is 11.7 Å². The van der Waals surface area contributed by atoms with E-state index < -0.39 is 21.9 Å². The Morgan fingerprint density at radius 3 is 2.63 bits per heavy atom. The van der Waals surface area contributed by atoms with E-state index in [0.717, 1.165) is 28.2 Å². The zero-order valence-corrected chi connectivity index (χ0v) is 17.2. The molecule has 13 heteroatoms. The molecule has 2 rings (SSSR count). The summed E-state index contributed by atoms with van der Waals surface area (Å²) in [6.07, 6.45) is -4.47. The lowest BCUT2D eigenvalue weighted by Crippen LogP contribution is -2.44. The molecule has 0 radical (unpaired) electrons. The third-order valence-electron chi connectivity index (χ3n) is 3.57. The van der Waals surface area contributed by atoms with Gasteiger partial charge in [-0.15, -0.1) is 11.3 Å². The van der Waals surface area contributed by atoms with Crippen molar-refractivity contribution >= 4 is 39.1 Å². The van der Waals surface area contributed by atoms with Gasteiger partial charge in [-0.05, 0) is 6.92 Å². The predicted octanol–water partition coefficient (Wildman–Crippen LogP) is 1.60. The van der Waals surface area contributed by atoms with Gasteiger partial charge in [0.05, 0.1) is 12.3 Å². The number of nitrogens with zero attached hydrogens (tertiary/aromatic N) is 3. The average molecular weight is 446 g/mol. The standard InChI is InChI=1S/C14H22F3N5O2S3/c1-2-18-13(20-9-12-21-11(10-26-12)14(15,16)17)19-3-8-27(23,24)22-4-6-25-7-5-22/h10H,2-9H2,1H3,(H2,18,19,20). The normalized spacial score (nSPS) is 17.1. The minimum absolute atomic E-state index is 0.0216. The van der Waals surface area contributed by atoms with Crippen LogP contribution in [0.25, 0.3) is 0 Å². The Bertz CT molecular complexity index is 731. The van der Waals surface area contributed by atoms with Crippen molar-refractivity contribution in [3.8, 4) is 0 Å². The summed E-state index contributed by atoms with van der Waals surface area (Å²) in [6, 6.07) is 0. The molecule has 1 aliphatic rings. The number of alkyl halides is 3. The van der Waals surface area contributed by atoms with Gasteiger partial charge in [0.1, 0.15) is 5.01 Å². The minimum atomic E-state index is -4.47. The molecule has 1 aromatic heterocycles. The first-order valence-corrected chi connectivity index (χ1v) is 12.0. The van der Waals surface area contributed by atoms with Crippen LogP contribution in [0.1, 0.15) is 17.6 Å². The first-order valence-electron chi connectivity index (χ1n) is 8.31. The largest absolute Gasteiger partial charge is 0.434 e. The van der Waals surface area contributed by atoms with Crippen molar-refractivity contribution in [3.63, 3.8) is 0 Å². The van der Waals surface area contributed by atoms with Gasteiger partial charge in [-0.3, -0.25) is 0 Å². The lowest BCUT2D eigenvalue weighted by Gasteiger charge is -2.25. The van der Waals surface area contributed by atoms with Crippen molar-refractivity contribution in [2.75, 3.05) is 43.4 Å². The molecule has 0 aliphatic carbocycles. The van der Waals surface area contributed by atoms with E-state index in [9.17, 15) is 21.6 Å². The van der Waals surface area contributed by atoms with Crippen LogP contribution in [0.4, 0.5) is 13.2 Å². The number of hydrogen-bond donors (Lipinski definition) is 2. The van der Waals surface area contributed by atoms with Crippen molar-refractivity contribution < 1.29 is 21.6 Å². The highest BCUT2D eigenvalue weighted by Gasteiger charge is 2.33. The van der Waals surface area contributed by atoms with Gasteiger partial charge in [0.2, 0.25) is 10.0 Å². The van der Waals surface area contributed by atoms with Gasteiger partial charge >= 0.3 is 6.18 Å². The number of guanidine groups is 1. The van der Waals surface area contributed by atoms with E-state index in [1.807, 2.05) is 6.92 Å². The molecule has 27 heavy (non-hydrogen) atoms. The predicted molar refractivity (Wildman–Crippen MR) is 103 cm³/mol. The molecule has 0 bridgehead atoms. The first kappa shape index (κ1) is 22.2. The van der Waals surface area contributed by atoms with Crippen LogP contribution in [0.2, 0.25) is 0 Å². The van der Waals surface area contributed by atoms with E-state index in [4.69, 9.17) is 0 Å². The fraction of sp³-hybridized carbons (Fsp3) is 0.714. The van der Waals surface area contributed by atoms with Gasteiger partial charge in [0, 0.05) is 43.1 Å². The molecular formula is C14H22F3N5O2S3. The van der Waals surface area contributed by atoms with Crippen LogP contribution < -0.4 is 10.6 Å². The molecule has 1 fully saturated rings. The molecule has 7 nitrogen and oxygen atoms in total. The second-order valence-corrected chi connectivity index (χ2v) is 9.83. The van der Waals surface area contributed by atoms with E-state index in [-0.39, 0.29) is 23.8 Å². The van der Waals surface area contributed by atoms with Crippen LogP contribution in [-0.4, -0.2) is 67.1 Å². The van der Waals surface area contributed by atoms with Crippen molar-refractivity contribution in [1.82, 2.24) is 19.9 Å². The molecule has 0 spiro atoms. The highest BCUT2D eigenvalue weighted by Crippen LogP contribution is 2.30. The van der Waals surface area contributed by atoms with Crippen molar-refractivity contribution in [2.45, 2.75) is 19.6 Å². The van der Waals surface area contributed by atoms with Crippen molar-refractivity contribution in [3.05, 3.63) is 16.1 Å². The summed E-state index contributed by atoms with van der Waals surface area (Å²) in [5.74, 6) is 1.86. The highest BCUT2D eigenvalue weighted by molar-refractivity contribution is 7.99. The number of rotatable bonds is 7. The van der Waals surface area contributed by atoms with E-state index >= 15 is 0 Å². The maximum Gasteiger partial charge on any atom is 0.434 e. The fourth-order valence-electron chi connectivity index (χ4n) is 2.25. The number of nitrogens with one attached hydrogen (secondary N) is 2. The fourth-order valence-corrected chi connectivity index (χ4v) is 5.47. The smallest absolute Gasteiger partial charge is 0.357 e. The van der Waals surface area contributed by atoms with E-state index in [1.165, 1.54) is 4.31 Å². The van der Waals surface area contributed by atoms with Crippen LogP contribution >= 0.6 is 23.1 Å². The number of thioether (sulfide) groups is 1. The Morgan fingerprint density at radius 1 is 1.33 bits per heavy atom. The van der Waals surface area contributed by atoms with Crippen LogP contribution in [0.5, 0.6) is 0 Å². The van der Waals surface area contributed by atoms with Gasteiger partial charge in [0.25, 0.3) is 0 Å². The molecule has 1 aromatic rings.